The third kappa shape index (κ3) is 3.60. The summed E-state index contributed by atoms with van der Waals surface area (Å²) in [7, 11) is 0. The number of fused-ring (bicyclic) bond motifs is 3. The van der Waals surface area contributed by atoms with E-state index in [4.69, 9.17) is 0 Å². The lowest BCUT2D eigenvalue weighted by Crippen LogP contribution is -2.54. The van der Waals surface area contributed by atoms with Crippen molar-refractivity contribution in [3.63, 3.8) is 0 Å². The number of imide groups is 2. The number of rotatable bonds is 4. The van der Waals surface area contributed by atoms with Crippen LogP contribution >= 0.6 is 0 Å². The Kier molecular flexibility index (Phi) is 5.14. The van der Waals surface area contributed by atoms with E-state index in [0.717, 1.165) is 24.2 Å². The lowest BCUT2D eigenvalue weighted by molar-refractivity contribution is -0.136. The monoisotopic (exact) mass is 472 g/mol. The number of aliphatic hydroxyl groups is 1. The molecule has 7 heteroatoms. The molecule has 0 aromatic heterocycles. The number of hydrogen-bond donors (Lipinski definition) is 2. The van der Waals surface area contributed by atoms with Gasteiger partial charge in [0.1, 0.15) is 6.04 Å². The molecule has 6 rings (SSSR count). The number of amides is 4. The zero-order valence-corrected chi connectivity index (χ0v) is 19.4. The molecule has 2 aliphatic carbocycles. The minimum absolute atomic E-state index is 0.0851. The van der Waals surface area contributed by atoms with E-state index in [1.807, 2.05) is 6.07 Å². The molecule has 35 heavy (non-hydrogen) atoms. The van der Waals surface area contributed by atoms with Gasteiger partial charge in [-0.05, 0) is 79.5 Å². The molecule has 3 atom stereocenters. The molecule has 2 aromatic carbocycles. The first-order valence-electron chi connectivity index (χ1n) is 12.5. The van der Waals surface area contributed by atoms with Crippen molar-refractivity contribution in [1.82, 2.24) is 10.2 Å². The summed E-state index contributed by atoms with van der Waals surface area (Å²) in [6, 6.07) is 14.5. The predicted molar refractivity (Wildman–Crippen MR) is 126 cm³/mol. The number of piperidine rings is 1. The summed E-state index contributed by atoms with van der Waals surface area (Å²) in [6.45, 7) is 0. The molecule has 2 heterocycles. The van der Waals surface area contributed by atoms with Crippen molar-refractivity contribution in [3.8, 4) is 0 Å². The molecular formula is C28H28N2O5. The van der Waals surface area contributed by atoms with Gasteiger partial charge in [-0.1, -0.05) is 36.4 Å². The van der Waals surface area contributed by atoms with Crippen molar-refractivity contribution < 1.29 is 24.3 Å². The third-order valence-corrected chi connectivity index (χ3v) is 8.61. The van der Waals surface area contributed by atoms with Crippen molar-refractivity contribution in [2.24, 2.45) is 17.8 Å². The average molecular weight is 473 g/mol. The number of hydrogen-bond acceptors (Lipinski definition) is 5. The lowest BCUT2D eigenvalue weighted by atomic mass is 9.66. The van der Waals surface area contributed by atoms with E-state index in [-0.39, 0.29) is 24.0 Å². The summed E-state index contributed by atoms with van der Waals surface area (Å²) in [5.74, 6) is -0.726. The molecule has 2 bridgehead atoms. The van der Waals surface area contributed by atoms with Crippen LogP contribution in [0, 0.1) is 17.8 Å². The Morgan fingerprint density at radius 2 is 1.57 bits per heavy atom. The lowest BCUT2D eigenvalue weighted by Gasteiger charge is -2.42. The molecule has 3 unspecified atom stereocenters. The molecule has 7 nitrogen and oxygen atoms in total. The van der Waals surface area contributed by atoms with Gasteiger partial charge in [-0.3, -0.25) is 29.4 Å². The first-order valence-corrected chi connectivity index (χ1v) is 12.5. The molecule has 4 aliphatic rings. The number of carbonyl (C=O) groups excluding carboxylic acids is 4. The van der Waals surface area contributed by atoms with E-state index in [2.05, 4.69) is 29.6 Å². The summed E-state index contributed by atoms with van der Waals surface area (Å²) < 4.78 is 0. The van der Waals surface area contributed by atoms with Gasteiger partial charge in [0, 0.05) is 6.42 Å². The number of nitrogens with one attached hydrogen (secondary N) is 1. The van der Waals surface area contributed by atoms with Gasteiger partial charge >= 0.3 is 0 Å². The van der Waals surface area contributed by atoms with Gasteiger partial charge in [0.05, 0.1) is 16.7 Å². The molecule has 2 aromatic rings. The second-order valence-electron chi connectivity index (χ2n) is 10.6. The molecule has 2 N–H and O–H groups in total. The van der Waals surface area contributed by atoms with Gasteiger partial charge in [0.15, 0.2) is 0 Å². The zero-order chi connectivity index (χ0) is 24.3. The Balaban J connectivity index is 1.24. The van der Waals surface area contributed by atoms with Crippen LogP contribution < -0.4 is 5.32 Å². The Bertz CT molecular complexity index is 1230. The number of nitrogens with zero attached hydrogens (tertiary/aromatic N) is 1. The molecule has 3 fully saturated rings. The third-order valence-electron chi connectivity index (χ3n) is 8.61. The minimum Gasteiger partial charge on any atom is -0.385 e. The Morgan fingerprint density at radius 3 is 2.26 bits per heavy atom. The summed E-state index contributed by atoms with van der Waals surface area (Å²) in [4.78, 5) is 51.0. The Morgan fingerprint density at radius 1 is 0.886 bits per heavy atom. The van der Waals surface area contributed by atoms with E-state index >= 15 is 0 Å². The summed E-state index contributed by atoms with van der Waals surface area (Å²) >= 11 is 0. The second-order valence-corrected chi connectivity index (χ2v) is 10.6. The van der Waals surface area contributed by atoms with E-state index in [1.54, 1.807) is 18.2 Å². The first-order chi connectivity index (χ1) is 16.8. The normalized spacial score (nSPS) is 32.1. The highest BCUT2D eigenvalue weighted by molar-refractivity contribution is 6.23. The molecule has 4 amide bonds. The summed E-state index contributed by atoms with van der Waals surface area (Å²) in [5.41, 5.74) is 1.42. The van der Waals surface area contributed by atoms with Crippen LogP contribution in [0.5, 0.6) is 0 Å². The van der Waals surface area contributed by atoms with E-state index in [1.165, 1.54) is 5.56 Å². The minimum atomic E-state index is -1.04. The van der Waals surface area contributed by atoms with Crippen LogP contribution in [0.1, 0.15) is 70.4 Å². The van der Waals surface area contributed by atoms with Crippen molar-refractivity contribution in [2.75, 3.05) is 0 Å². The Hall–Kier alpha value is -3.32. The molecule has 1 saturated heterocycles. The fourth-order valence-electron chi connectivity index (χ4n) is 6.91. The predicted octanol–water partition coefficient (Wildman–Crippen LogP) is 2.95. The van der Waals surface area contributed by atoms with Gasteiger partial charge < -0.3 is 5.11 Å². The highest BCUT2D eigenvalue weighted by Crippen LogP contribution is 2.55. The number of carbonyl (C=O) groups is 4. The maximum atomic E-state index is 13.2. The fraction of sp³-hybridized carbons (Fsp3) is 0.429. The highest BCUT2D eigenvalue weighted by atomic mass is 16.3. The average Bonchev–Trinajstić information content (AvgIpc) is 3.23. The quantitative estimate of drug-likeness (QED) is 0.666. The van der Waals surface area contributed by atoms with Crippen molar-refractivity contribution >= 4 is 23.6 Å². The topological polar surface area (TPSA) is 104 Å². The van der Waals surface area contributed by atoms with Gasteiger partial charge in [-0.15, -0.1) is 0 Å². The maximum absolute atomic E-state index is 13.2. The molecule has 180 valence electrons. The van der Waals surface area contributed by atoms with Crippen LogP contribution in [0.25, 0.3) is 0 Å². The molecule has 2 aliphatic heterocycles. The van der Waals surface area contributed by atoms with Gasteiger partial charge in [0.25, 0.3) is 11.8 Å². The summed E-state index contributed by atoms with van der Waals surface area (Å²) in [6.07, 6.45) is 4.69. The maximum Gasteiger partial charge on any atom is 0.262 e. The molecule has 0 spiro atoms. The largest absolute Gasteiger partial charge is 0.385 e. The second kappa shape index (κ2) is 8.12. The standard InChI is InChI=1S/C28H28N2O5/c31-24-11-10-23(25(32)29-24)30-26(33)20-9-8-19(13-22(20)27(30)34)28(35)14-17-6-7-18(15-28)21(17)12-16-4-2-1-3-5-16/h1-5,8-9,13,17-18,21,23,35H,6-7,10-12,14-15H2,(H,29,31,32). The number of benzene rings is 2. The van der Waals surface area contributed by atoms with Crippen molar-refractivity contribution in [1.29, 1.82) is 0 Å². The van der Waals surface area contributed by atoms with Crippen LogP contribution in [-0.4, -0.2) is 39.7 Å². The highest BCUT2D eigenvalue weighted by Gasteiger charge is 2.50. The van der Waals surface area contributed by atoms with Gasteiger partial charge in [-0.25, -0.2) is 0 Å². The van der Waals surface area contributed by atoms with Crippen LogP contribution in [0.4, 0.5) is 0 Å². The van der Waals surface area contributed by atoms with Crippen LogP contribution in [0.2, 0.25) is 0 Å². The van der Waals surface area contributed by atoms with Gasteiger partial charge in [-0.2, -0.15) is 0 Å². The SMILES string of the molecule is O=C1CCC(N2C(=O)c3ccc(C4(O)CC5CCC(C4)C5Cc4ccccc4)cc3C2=O)C(=O)N1. The van der Waals surface area contributed by atoms with Crippen molar-refractivity contribution in [3.05, 3.63) is 70.8 Å². The van der Waals surface area contributed by atoms with E-state index in [9.17, 15) is 24.3 Å². The molecule has 2 saturated carbocycles. The first kappa shape index (κ1) is 22.2. The Labute approximate surface area is 203 Å². The van der Waals surface area contributed by atoms with Crippen LogP contribution in [0.3, 0.4) is 0 Å². The van der Waals surface area contributed by atoms with Gasteiger partial charge in [0.2, 0.25) is 11.8 Å². The summed E-state index contributed by atoms with van der Waals surface area (Å²) in [5, 5.41) is 14.0. The smallest absolute Gasteiger partial charge is 0.262 e. The van der Waals surface area contributed by atoms with Crippen molar-refractivity contribution in [2.45, 2.75) is 56.6 Å². The molecular weight excluding hydrogens is 444 g/mol. The van der Waals surface area contributed by atoms with E-state index in [0.29, 0.717) is 36.2 Å². The molecule has 0 radical (unpaired) electrons. The van der Waals surface area contributed by atoms with E-state index < -0.39 is 35.3 Å². The van der Waals surface area contributed by atoms with Crippen LogP contribution in [0.15, 0.2) is 48.5 Å². The van der Waals surface area contributed by atoms with Crippen LogP contribution in [-0.2, 0) is 21.6 Å². The fourth-order valence-corrected chi connectivity index (χ4v) is 6.91. The zero-order valence-electron chi connectivity index (χ0n) is 19.4.